The molecule has 0 saturated carbocycles. The van der Waals surface area contributed by atoms with Gasteiger partial charge in [0.2, 0.25) is 0 Å². The average Bonchev–Trinajstić information content (AvgIpc) is 3.61. The number of para-hydroxylation sites is 2. The summed E-state index contributed by atoms with van der Waals surface area (Å²) >= 11 is 0. The van der Waals surface area contributed by atoms with Gasteiger partial charge in [0.15, 0.2) is 11.4 Å². The quantitative estimate of drug-likeness (QED) is 0.131. The maximum atomic E-state index is 7.71. The Bertz CT molecular complexity index is 3510. The van der Waals surface area contributed by atoms with Gasteiger partial charge in [0.25, 0.3) is 0 Å². The molecular formula is C53H30N4. The number of hydrogen-bond acceptors (Lipinski definition) is 1. The minimum atomic E-state index is 0.631. The summed E-state index contributed by atoms with van der Waals surface area (Å²) in [5.74, 6) is 0. The smallest absolute Gasteiger partial charge is 0.188 e. The van der Waals surface area contributed by atoms with E-state index in [4.69, 9.17) is 18.1 Å². The predicted octanol–water partition coefficient (Wildman–Crippen LogP) is 14.9. The second kappa shape index (κ2) is 12.8. The molecule has 0 amide bonds. The summed E-state index contributed by atoms with van der Waals surface area (Å²) in [5.41, 5.74) is 11.9. The minimum absolute atomic E-state index is 0.631. The molecule has 11 aromatic rings. The second-order valence-electron chi connectivity index (χ2n) is 14.5. The van der Waals surface area contributed by atoms with E-state index in [1.54, 1.807) is 0 Å². The van der Waals surface area contributed by atoms with Crippen molar-refractivity contribution in [2.75, 3.05) is 0 Å². The zero-order valence-electron chi connectivity index (χ0n) is 30.6. The fraction of sp³-hybridized carbons (Fsp3) is 0. The number of pyridine rings is 1. The van der Waals surface area contributed by atoms with E-state index in [-0.39, 0.29) is 0 Å². The van der Waals surface area contributed by atoms with Crippen LogP contribution in [-0.2, 0) is 0 Å². The summed E-state index contributed by atoms with van der Waals surface area (Å²) in [5, 5.41) is 10.4. The molecule has 0 spiro atoms. The molecule has 0 N–H and O–H groups in total. The van der Waals surface area contributed by atoms with E-state index >= 15 is 0 Å². The first-order chi connectivity index (χ1) is 28.2. The number of rotatable bonds is 4. The molecule has 262 valence electrons. The number of benzene rings is 9. The van der Waals surface area contributed by atoms with E-state index in [0.717, 1.165) is 82.7 Å². The van der Waals surface area contributed by atoms with Gasteiger partial charge in [-0.15, -0.1) is 0 Å². The molecule has 9 aromatic carbocycles. The standard InChI is InChI=1S/C53H30N4/c1-54-38-24-20-34(21-25-38)36-22-27-43-45(30-36)41-12-6-7-13-42(41)51-44-14-8-9-15-48(44)56-53(52(43)51)35-18-16-33(17-19-35)37-23-28-49-46(31-37)47-32-39(55-2)26-29-50(47)57(49)40-10-4-3-5-11-40/h3-32H. The van der Waals surface area contributed by atoms with E-state index in [0.29, 0.717) is 11.4 Å². The van der Waals surface area contributed by atoms with Crippen LogP contribution in [0.2, 0.25) is 0 Å². The minimum Gasteiger partial charge on any atom is -0.309 e. The van der Waals surface area contributed by atoms with Crippen LogP contribution < -0.4 is 0 Å². The molecule has 57 heavy (non-hydrogen) atoms. The second-order valence-corrected chi connectivity index (χ2v) is 14.5. The van der Waals surface area contributed by atoms with Gasteiger partial charge in [-0.1, -0.05) is 133 Å². The summed E-state index contributed by atoms with van der Waals surface area (Å²) in [6, 6.07) is 63.6. The zero-order chi connectivity index (χ0) is 38.0. The van der Waals surface area contributed by atoms with Crippen LogP contribution >= 0.6 is 0 Å². The van der Waals surface area contributed by atoms with E-state index in [2.05, 4.69) is 154 Å². The molecule has 0 saturated heterocycles. The Kier molecular flexibility index (Phi) is 7.26. The number of fused-ring (bicyclic) bond motifs is 11. The Morgan fingerprint density at radius 1 is 0.368 bits per heavy atom. The van der Waals surface area contributed by atoms with Crippen molar-refractivity contribution in [3.63, 3.8) is 0 Å². The maximum absolute atomic E-state index is 7.71. The third kappa shape index (κ3) is 5.10. The Balaban J connectivity index is 1.11. The summed E-state index contributed by atoms with van der Waals surface area (Å²) in [7, 11) is 0. The number of nitrogens with zero attached hydrogens (tertiary/aromatic N) is 4. The third-order valence-electron chi connectivity index (χ3n) is 11.4. The van der Waals surface area contributed by atoms with Gasteiger partial charge >= 0.3 is 0 Å². The molecule has 4 nitrogen and oxygen atoms in total. The van der Waals surface area contributed by atoms with Crippen LogP contribution in [0.3, 0.4) is 0 Å². The van der Waals surface area contributed by atoms with Gasteiger partial charge in [-0.25, -0.2) is 14.7 Å². The first kappa shape index (κ1) is 32.4. The first-order valence-electron chi connectivity index (χ1n) is 18.9. The molecule has 11 rings (SSSR count). The van der Waals surface area contributed by atoms with Crippen LogP contribution in [0.4, 0.5) is 11.4 Å². The molecule has 0 aliphatic carbocycles. The lowest BCUT2D eigenvalue weighted by Crippen LogP contribution is -1.93. The molecule has 4 heteroatoms. The van der Waals surface area contributed by atoms with Gasteiger partial charge in [0, 0.05) is 32.8 Å². The Morgan fingerprint density at radius 2 is 0.895 bits per heavy atom. The van der Waals surface area contributed by atoms with Crippen molar-refractivity contribution >= 4 is 76.4 Å². The number of aromatic nitrogens is 2. The highest BCUT2D eigenvalue weighted by Gasteiger charge is 2.19. The molecule has 0 atom stereocenters. The van der Waals surface area contributed by atoms with Crippen molar-refractivity contribution < 1.29 is 0 Å². The lowest BCUT2D eigenvalue weighted by molar-refractivity contribution is 1.18. The van der Waals surface area contributed by atoms with Gasteiger partial charge in [0.1, 0.15) is 0 Å². The average molecular weight is 723 g/mol. The predicted molar refractivity (Wildman–Crippen MR) is 237 cm³/mol. The van der Waals surface area contributed by atoms with Crippen LogP contribution in [0.15, 0.2) is 182 Å². The van der Waals surface area contributed by atoms with Crippen molar-refractivity contribution in [3.8, 4) is 39.2 Å². The van der Waals surface area contributed by atoms with Crippen molar-refractivity contribution in [1.29, 1.82) is 0 Å². The molecule has 2 heterocycles. The monoisotopic (exact) mass is 722 g/mol. The fourth-order valence-corrected chi connectivity index (χ4v) is 8.73. The molecule has 0 aliphatic rings. The van der Waals surface area contributed by atoms with E-state index in [1.807, 2.05) is 42.5 Å². The summed E-state index contributed by atoms with van der Waals surface area (Å²) in [6.07, 6.45) is 0. The Morgan fingerprint density at radius 3 is 1.63 bits per heavy atom. The van der Waals surface area contributed by atoms with Crippen LogP contribution in [0.5, 0.6) is 0 Å². The Labute approximate surface area is 328 Å². The molecule has 0 radical (unpaired) electrons. The number of hydrogen-bond donors (Lipinski definition) is 0. The summed E-state index contributed by atoms with van der Waals surface area (Å²) < 4.78 is 2.28. The van der Waals surface area contributed by atoms with E-state index in [9.17, 15) is 0 Å². The molecule has 2 aromatic heterocycles. The van der Waals surface area contributed by atoms with Crippen molar-refractivity contribution in [3.05, 3.63) is 205 Å². The molecular weight excluding hydrogens is 693 g/mol. The van der Waals surface area contributed by atoms with Gasteiger partial charge in [-0.2, -0.15) is 0 Å². The van der Waals surface area contributed by atoms with Crippen LogP contribution in [0, 0.1) is 13.1 Å². The van der Waals surface area contributed by atoms with Gasteiger partial charge < -0.3 is 4.57 Å². The van der Waals surface area contributed by atoms with Crippen LogP contribution in [0.1, 0.15) is 0 Å². The molecule has 0 fully saturated rings. The molecule has 0 aliphatic heterocycles. The van der Waals surface area contributed by atoms with Crippen LogP contribution in [0.25, 0.3) is 114 Å². The lowest BCUT2D eigenvalue weighted by atomic mass is 9.88. The first-order valence-corrected chi connectivity index (χ1v) is 18.9. The Hall–Kier alpha value is -8.05. The highest BCUT2D eigenvalue weighted by molar-refractivity contribution is 6.33. The normalized spacial score (nSPS) is 11.5. The largest absolute Gasteiger partial charge is 0.309 e. The van der Waals surface area contributed by atoms with Crippen molar-refractivity contribution in [2.45, 2.75) is 0 Å². The van der Waals surface area contributed by atoms with Gasteiger partial charge in [-0.3, -0.25) is 0 Å². The molecule has 0 bridgehead atoms. The highest BCUT2D eigenvalue weighted by Crippen LogP contribution is 2.44. The van der Waals surface area contributed by atoms with E-state index < -0.39 is 0 Å². The van der Waals surface area contributed by atoms with E-state index in [1.165, 1.54) is 21.5 Å². The van der Waals surface area contributed by atoms with Crippen LogP contribution in [-0.4, -0.2) is 9.55 Å². The third-order valence-corrected chi connectivity index (χ3v) is 11.4. The topological polar surface area (TPSA) is 26.5 Å². The summed E-state index contributed by atoms with van der Waals surface area (Å²) in [6.45, 7) is 15.1. The molecule has 0 unspecified atom stereocenters. The SMILES string of the molecule is [C-]#[N+]c1ccc(-c2ccc3c(c2)c2ccccc2c2c4ccccc4nc(-c4ccc(-c5ccc6c(c5)c5cc([N+]#[C-])ccc5n6-c5ccccc5)cc4)c32)cc1. The van der Waals surface area contributed by atoms with Crippen molar-refractivity contribution in [2.24, 2.45) is 0 Å². The lowest BCUT2D eigenvalue weighted by Gasteiger charge is -2.17. The zero-order valence-corrected chi connectivity index (χ0v) is 30.6. The highest BCUT2D eigenvalue weighted by atomic mass is 15.0. The maximum Gasteiger partial charge on any atom is 0.188 e. The van der Waals surface area contributed by atoms with Crippen molar-refractivity contribution in [1.82, 2.24) is 9.55 Å². The summed E-state index contributed by atoms with van der Waals surface area (Å²) in [4.78, 5) is 12.7. The van der Waals surface area contributed by atoms with Gasteiger partial charge in [-0.05, 0) is 97.7 Å². The fourth-order valence-electron chi connectivity index (χ4n) is 8.73. The van der Waals surface area contributed by atoms with Gasteiger partial charge in [0.05, 0.1) is 35.4 Å².